The number of esters is 1. The van der Waals surface area contributed by atoms with E-state index in [1.807, 2.05) is 0 Å². The van der Waals surface area contributed by atoms with E-state index in [1.54, 1.807) is 30.3 Å². The molecule has 0 bridgehead atoms. The average Bonchev–Trinajstić information content (AvgIpc) is 3.31. The number of rotatable bonds is 6. The number of ether oxygens (including phenoxy) is 2. The van der Waals surface area contributed by atoms with Crippen LogP contribution >= 0.6 is 0 Å². The summed E-state index contributed by atoms with van der Waals surface area (Å²) in [5.41, 5.74) is 3.50. The molecule has 0 saturated carbocycles. The van der Waals surface area contributed by atoms with E-state index in [0.29, 0.717) is 15.5 Å². The first-order valence-corrected chi connectivity index (χ1v) is 8.93. The van der Waals surface area contributed by atoms with Gasteiger partial charge in [0.05, 0.1) is 13.0 Å². The van der Waals surface area contributed by atoms with Crippen molar-refractivity contribution in [1.82, 2.24) is 9.96 Å². The standard InChI is InChI=1S/C18H19N3O9.Na/c19-8-13(22)20(17(27)28-9-11-4-2-1-3-5-11)12-10-29-21(15(12)24)18(16(25)26)7-6-14(23)30-18;/h1-5,12H,6-10,19H2,(H,25,26);/q;+1/p-1/t12-,18?;/m0./s1. The molecule has 2 aliphatic heterocycles. The molecule has 0 spiro atoms. The molecule has 2 atom stereocenters. The first-order valence-electron chi connectivity index (χ1n) is 8.93. The molecule has 0 radical (unpaired) electrons. The monoisotopic (exact) mass is 443 g/mol. The number of carbonyl (C=O) groups is 5. The van der Waals surface area contributed by atoms with Crippen molar-refractivity contribution in [3.63, 3.8) is 0 Å². The van der Waals surface area contributed by atoms with Crippen LogP contribution in [0.4, 0.5) is 4.79 Å². The molecule has 2 N–H and O–H groups in total. The number of hydrogen-bond acceptors (Lipinski definition) is 10. The number of amides is 3. The van der Waals surface area contributed by atoms with Crippen LogP contribution in [0.3, 0.4) is 0 Å². The summed E-state index contributed by atoms with van der Waals surface area (Å²) in [6, 6.07) is 7.03. The number of nitrogens with zero attached hydrogens (tertiary/aromatic N) is 2. The number of carboxylic acids is 1. The van der Waals surface area contributed by atoms with Crippen molar-refractivity contribution in [3.8, 4) is 0 Å². The smallest absolute Gasteiger partial charge is 0.544 e. The molecule has 2 saturated heterocycles. The number of cyclic esters (lactones) is 1. The van der Waals surface area contributed by atoms with Gasteiger partial charge < -0.3 is 25.1 Å². The summed E-state index contributed by atoms with van der Waals surface area (Å²) in [5, 5.41) is 11.9. The summed E-state index contributed by atoms with van der Waals surface area (Å²) in [7, 11) is 0. The summed E-state index contributed by atoms with van der Waals surface area (Å²) in [4.78, 5) is 66.2. The molecule has 3 rings (SSSR count). The maximum Gasteiger partial charge on any atom is 1.00 e. The third-order valence-electron chi connectivity index (χ3n) is 4.60. The van der Waals surface area contributed by atoms with Crippen molar-refractivity contribution < 1.29 is 72.9 Å². The molecule has 2 aliphatic rings. The molecule has 3 amide bonds. The van der Waals surface area contributed by atoms with E-state index in [4.69, 9.17) is 20.0 Å². The molecule has 1 unspecified atom stereocenters. The zero-order valence-electron chi connectivity index (χ0n) is 16.6. The Bertz CT molecular complexity index is 881. The molecule has 2 fully saturated rings. The van der Waals surface area contributed by atoms with E-state index in [-0.39, 0.29) is 42.6 Å². The first-order chi connectivity index (χ1) is 14.3. The van der Waals surface area contributed by atoms with Crippen molar-refractivity contribution in [1.29, 1.82) is 0 Å². The van der Waals surface area contributed by atoms with E-state index in [9.17, 15) is 29.1 Å². The predicted molar refractivity (Wildman–Crippen MR) is 92.2 cm³/mol. The summed E-state index contributed by atoms with van der Waals surface area (Å²) in [6.07, 6.45) is -1.85. The number of benzene rings is 1. The van der Waals surface area contributed by atoms with E-state index >= 15 is 0 Å². The molecule has 0 aliphatic carbocycles. The van der Waals surface area contributed by atoms with Crippen molar-refractivity contribution in [2.75, 3.05) is 13.2 Å². The van der Waals surface area contributed by atoms with Gasteiger partial charge in [-0.1, -0.05) is 30.3 Å². The Morgan fingerprint density at radius 2 is 1.94 bits per heavy atom. The molecule has 1 aromatic rings. The Hall–Kier alpha value is -2.51. The number of carboxylic acid groups (broad SMARTS) is 1. The van der Waals surface area contributed by atoms with Gasteiger partial charge in [-0.15, -0.1) is 0 Å². The Morgan fingerprint density at radius 3 is 2.48 bits per heavy atom. The van der Waals surface area contributed by atoms with Crippen LogP contribution in [-0.4, -0.2) is 64.7 Å². The Morgan fingerprint density at radius 1 is 1.26 bits per heavy atom. The van der Waals surface area contributed by atoms with E-state index in [0.717, 1.165) is 0 Å². The summed E-state index contributed by atoms with van der Waals surface area (Å²) in [6.45, 7) is -1.37. The van der Waals surface area contributed by atoms with Crippen LogP contribution in [0.2, 0.25) is 0 Å². The minimum atomic E-state index is -2.48. The Labute approximate surface area is 198 Å². The molecule has 2 heterocycles. The number of carbonyl (C=O) groups excluding carboxylic acids is 5. The minimum absolute atomic E-state index is 0. The fourth-order valence-electron chi connectivity index (χ4n) is 3.10. The average molecular weight is 443 g/mol. The zero-order chi connectivity index (χ0) is 21.9. The van der Waals surface area contributed by atoms with E-state index in [2.05, 4.69) is 0 Å². The molecular formula is C18H18N3NaO9. The molecule has 1 aromatic carbocycles. The third-order valence-corrected chi connectivity index (χ3v) is 4.60. The van der Waals surface area contributed by atoms with Gasteiger partial charge in [0, 0.05) is 6.42 Å². The van der Waals surface area contributed by atoms with Crippen LogP contribution in [0.5, 0.6) is 0 Å². The molecule has 160 valence electrons. The Kier molecular flexibility index (Phi) is 8.14. The van der Waals surface area contributed by atoms with Crippen LogP contribution < -0.4 is 40.4 Å². The normalized spacial score (nSPS) is 22.5. The maximum atomic E-state index is 12.8. The molecule has 0 aromatic heterocycles. The van der Waals surface area contributed by atoms with Crippen molar-refractivity contribution >= 4 is 29.8 Å². The van der Waals surface area contributed by atoms with Crippen molar-refractivity contribution in [3.05, 3.63) is 35.9 Å². The van der Waals surface area contributed by atoms with Crippen LogP contribution in [0, 0.1) is 0 Å². The maximum absolute atomic E-state index is 12.8. The van der Waals surface area contributed by atoms with Gasteiger partial charge in [-0.05, 0) is 5.56 Å². The van der Waals surface area contributed by atoms with Crippen LogP contribution in [0.1, 0.15) is 18.4 Å². The van der Waals surface area contributed by atoms with Gasteiger partial charge in [-0.3, -0.25) is 19.2 Å². The molecule has 13 heteroatoms. The van der Waals surface area contributed by atoms with Gasteiger partial charge >= 0.3 is 41.6 Å². The number of imide groups is 1. The van der Waals surface area contributed by atoms with E-state index in [1.165, 1.54) is 0 Å². The van der Waals surface area contributed by atoms with Gasteiger partial charge in [-0.25, -0.2) is 9.69 Å². The zero-order valence-corrected chi connectivity index (χ0v) is 18.6. The van der Waals surface area contributed by atoms with Crippen LogP contribution in [0.25, 0.3) is 0 Å². The number of hydroxylamine groups is 2. The summed E-state index contributed by atoms with van der Waals surface area (Å²) in [5.74, 6) is -4.77. The van der Waals surface area contributed by atoms with E-state index < -0.39 is 61.2 Å². The van der Waals surface area contributed by atoms with Gasteiger partial charge in [-0.2, -0.15) is 5.06 Å². The van der Waals surface area contributed by atoms with Gasteiger partial charge in [0.2, 0.25) is 5.91 Å². The molecule has 12 nitrogen and oxygen atoms in total. The SMILES string of the molecule is NCC(=O)N(C(=O)OCc1ccccc1)[C@H]1CON(C2(C(=O)[O-])CCC(=O)O2)C1=O.[Na+]. The summed E-state index contributed by atoms with van der Waals surface area (Å²) < 4.78 is 9.87. The van der Waals surface area contributed by atoms with Crippen LogP contribution in [0.15, 0.2) is 30.3 Å². The Balaban J connectivity index is 0.00000341. The van der Waals surface area contributed by atoms with Gasteiger partial charge in [0.15, 0.2) is 0 Å². The van der Waals surface area contributed by atoms with Crippen molar-refractivity contribution in [2.45, 2.75) is 31.2 Å². The molecule has 31 heavy (non-hydrogen) atoms. The number of aliphatic carboxylic acids is 1. The minimum Gasteiger partial charge on any atom is -0.544 e. The topological polar surface area (TPSA) is 169 Å². The fraction of sp³-hybridized carbons (Fsp3) is 0.389. The predicted octanol–water partition coefficient (Wildman–Crippen LogP) is -4.96. The third kappa shape index (κ3) is 4.88. The fourth-order valence-corrected chi connectivity index (χ4v) is 3.10. The second-order valence-corrected chi connectivity index (χ2v) is 6.50. The number of hydrogen-bond donors (Lipinski definition) is 1. The first kappa shape index (κ1) is 24.8. The largest absolute Gasteiger partial charge is 1.00 e. The van der Waals surface area contributed by atoms with Gasteiger partial charge in [0.1, 0.15) is 25.2 Å². The quantitative estimate of drug-likeness (QED) is 0.332. The second-order valence-electron chi connectivity index (χ2n) is 6.50. The second kappa shape index (κ2) is 10.2. The van der Waals surface area contributed by atoms with Crippen LogP contribution in [-0.2, 0) is 40.1 Å². The van der Waals surface area contributed by atoms with Crippen molar-refractivity contribution in [2.24, 2.45) is 5.73 Å². The summed E-state index contributed by atoms with van der Waals surface area (Å²) >= 11 is 0. The molecular weight excluding hydrogens is 425 g/mol. The number of nitrogens with two attached hydrogens (primary N) is 1. The van der Waals surface area contributed by atoms with Gasteiger partial charge in [0.25, 0.3) is 11.6 Å².